The summed E-state index contributed by atoms with van der Waals surface area (Å²) in [7, 11) is 0. The fraction of sp³-hybridized carbons (Fsp3) is 0.519. The third-order valence-corrected chi connectivity index (χ3v) is 7.85. The minimum Gasteiger partial charge on any atom is -0.326 e. The van der Waals surface area contributed by atoms with Gasteiger partial charge in [0, 0.05) is 25.7 Å². The molecule has 0 spiro atoms. The Bertz CT molecular complexity index is 857. The number of carbonyl (C=O) groups is 1. The molecule has 164 valence electrons. The van der Waals surface area contributed by atoms with Crippen LogP contribution >= 0.6 is 0 Å². The van der Waals surface area contributed by atoms with E-state index in [4.69, 9.17) is 0 Å². The van der Waals surface area contributed by atoms with Gasteiger partial charge in [0.05, 0.1) is 12.1 Å². The highest BCUT2D eigenvalue weighted by molar-refractivity contribution is 5.79. The highest BCUT2D eigenvalue weighted by Crippen LogP contribution is 2.43. The number of nitrogens with one attached hydrogen (secondary N) is 1. The second-order valence-electron chi connectivity index (χ2n) is 9.72. The number of hydrogen-bond donors (Lipinski definition) is 1. The minimum absolute atomic E-state index is 0.149. The van der Waals surface area contributed by atoms with Crippen molar-refractivity contribution in [2.45, 2.75) is 63.1 Å². The summed E-state index contributed by atoms with van der Waals surface area (Å²) >= 11 is 0. The van der Waals surface area contributed by atoms with E-state index < -0.39 is 0 Å². The third kappa shape index (κ3) is 4.23. The minimum atomic E-state index is -0.222. The van der Waals surface area contributed by atoms with Gasteiger partial charge in [-0.1, -0.05) is 79.9 Å². The molecule has 0 bridgehead atoms. The zero-order chi connectivity index (χ0) is 21.1. The van der Waals surface area contributed by atoms with E-state index in [9.17, 15) is 4.79 Å². The molecule has 3 fully saturated rings. The summed E-state index contributed by atoms with van der Waals surface area (Å²) in [5, 5.41) is 3.53. The van der Waals surface area contributed by atoms with E-state index in [1.807, 2.05) is 0 Å². The van der Waals surface area contributed by atoms with Crippen molar-refractivity contribution in [2.24, 2.45) is 5.92 Å². The Labute approximate surface area is 186 Å². The third-order valence-electron chi connectivity index (χ3n) is 7.85. The molecule has 1 atom stereocenters. The van der Waals surface area contributed by atoms with Crippen LogP contribution in [0.3, 0.4) is 0 Å². The first-order valence-electron chi connectivity index (χ1n) is 12.2. The Balaban J connectivity index is 1.29. The topological polar surface area (TPSA) is 35.6 Å². The fourth-order valence-electron chi connectivity index (χ4n) is 6.13. The van der Waals surface area contributed by atoms with Crippen LogP contribution in [0.15, 0.2) is 60.7 Å². The smallest absolute Gasteiger partial charge is 0.318 e. The first-order chi connectivity index (χ1) is 15.2. The maximum Gasteiger partial charge on any atom is 0.318 e. The van der Waals surface area contributed by atoms with Crippen LogP contribution in [-0.4, -0.2) is 41.5 Å². The molecule has 4 nitrogen and oxygen atoms in total. The Morgan fingerprint density at radius 3 is 2.16 bits per heavy atom. The molecule has 0 radical (unpaired) electrons. The number of likely N-dealkylation sites (tertiary alicyclic amines) is 1. The summed E-state index contributed by atoms with van der Waals surface area (Å²) < 4.78 is 0. The quantitative estimate of drug-likeness (QED) is 0.730. The molecule has 1 aliphatic carbocycles. The van der Waals surface area contributed by atoms with Crippen molar-refractivity contribution in [2.75, 3.05) is 19.6 Å². The van der Waals surface area contributed by atoms with E-state index in [1.54, 1.807) is 0 Å². The van der Waals surface area contributed by atoms with Crippen molar-refractivity contribution < 1.29 is 4.79 Å². The molecule has 2 aromatic rings. The van der Waals surface area contributed by atoms with Crippen LogP contribution in [0.2, 0.25) is 0 Å². The van der Waals surface area contributed by atoms with Crippen LogP contribution in [0.25, 0.3) is 0 Å². The van der Waals surface area contributed by atoms with Gasteiger partial charge in [-0.2, -0.15) is 0 Å². The zero-order valence-corrected chi connectivity index (χ0v) is 18.5. The summed E-state index contributed by atoms with van der Waals surface area (Å²) in [6.45, 7) is 3.95. The summed E-state index contributed by atoms with van der Waals surface area (Å²) in [6.07, 6.45) is 8.47. The fourth-order valence-corrected chi connectivity index (χ4v) is 6.13. The van der Waals surface area contributed by atoms with Crippen molar-refractivity contribution in [1.82, 2.24) is 15.1 Å². The lowest BCUT2D eigenvalue weighted by Crippen LogP contribution is -2.48. The Morgan fingerprint density at radius 1 is 0.839 bits per heavy atom. The molecular weight excluding hydrogens is 382 g/mol. The Kier molecular flexibility index (Phi) is 5.99. The number of benzene rings is 2. The molecule has 31 heavy (non-hydrogen) atoms. The van der Waals surface area contributed by atoms with Crippen LogP contribution in [0.1, 0.15) is 56.1 Å². The Hall–Kier alpha value is -2.33. The number of piperidine rings is 1. The van der Waals surface area contributed by atoms with Crippen molar-refractivity contribution in [1.29, 1.82) is 0 Å². The predicted molar refractivity (Wildman–Crippen MR) is 125 cm³/mol. The number of urea groups is 1. The van der Waals surface area contributed by atoms with Gasteiger partial charge >= 0.3 is 6.03 Å². The first kappa shape index (κ1) is 20.6. The number of hydrogen-bond acceptors (Lipinski definition) is 2. The molecular formula is C27H35N3O. The second kappa shape index (κ2) is 9.04. The van der Waals surface area contributed by atoms with Gasteiger partial charge in [-0.15, -0.1) is 0 Å². The van der Waals surface area contributed by atoms with Crippen molar-refractivity contribution >= 4 is 6.03 Å². The van der Waals surface area contributed by atoms with Gasteiger partial charge in [-0.05, 0) is 42.7 Å². The van der Waals surface area contributed by atoms with E-state index >= 15 is 0 Å². The zero-order valence-electron chi connectivity index (χ0n) is 18.5. The molecule has 0 aromatic heterocycles. The van der Waals surface area contributed by atoms with Crippen LogP contribution in [0.5, 0.6) is 0 Å². The number of amides is 2. The molecule has 3 aliphatic rings. The average molecular weight is 418 g/mol. The highest BCUT2D eigenvalue weighted by atomic mass is 16.2. The SMILES string of the molecule is O=C1NC(c2ccccc2)(C2CCCCC2)CN1C1CCN(Cc2ccccc2)CC1. The summed E-state index contributed by atoms with van der Waals surface area (Å²) in [6, 6.07) is 22.0. The van der Waals surface area contributed by atoms with E-state index in [-0.39, 0.29) is 11.6 Å². The van der Waals surface area contributed by atoms with Gasteiger partial charge in [0.2, 0.25) is 0 Å². The molecule has 2 heterocycles. The molecule has 2 saturated heterocycles. The molecule has 1 N–H and O–H groups in total. The summed E-state index contributed by atoms with van der Waals surface area (Å²) in [5.74, 6) is 0.538. The van der Waals surface area contributed by atoms with Crippen molar-refractivity contribution in [3.8, 4) is 0 Å². The number of carbonyl (C=O) groups excluding carboxylic acids is 1. The molecule has 4 heteroatoms. The molecule has 2 aliphatic heterocycles. The van der Waals surface area contributed by atoms with Gasteiger partial charge in [0.25, 0.3) is 0 Å². The second-order valence-corrected chi connectivity index (χ2v) is 9.72. The monoisotopic (exact) mass is 417 g/mol. The normalized spacial score (nSPS) is 26.2. The van der Waals surface area contributed by atoms with Gasteiger partial charge in [-0.3, -0.25) is 4.90 Å². The number of rotatable bonds is 5. The summed E-state index contributed by atoms with van der Waals surface area (Å²) in [5.41, 5.74) is 2.44. The van der Waals surface area contributed by atoms with Crippen LogP contribution < -0.4 is 5.32 Å². The summed E-state index contributed by atoms with van der Waals surface area (Å²) in [4.78, 5) is 18.0. The molecule has 5 rings (SSSR count). The lowest BCUT2D eigenvalue weighted by Gasteiger charge is -2.41. The molecule has 1 saturated carbocycles. The lowest BCUT2D eigenvalue weighted by molar-refractivity contribution is 0.116. The molecule has 2 aromatic carbocycles. The van der Waals surface area contributed by atoms with Crippen LogP contribution in [0, 0.1) is 5.92 Å². The van der Waals surface area contributed by atoms with Crippen molar-refractivity contribution in [3.05, 3.63) is 71.8 Å². The van der Waals surface area contributed by atoms with Gasteiger partial charge in [-0.25, -0.2) is 4.79 Å². The Morgan fingerprint density at radius 2 is 1.48 bits per heavy atom. The molecule has 1 unspecified atom stereocenters. The maximum atomic E-state index is 13.3. The predicted octanol–water partition coefficient (Wildman–Crippen LogP) is 5.15. The van der Waals surface area contributed by atoms with Crippen molar-refractivity contribution in [3.63, 3.8) is 0 Å². The first-order valence-corrected chi connectivity index (χ1v) is 12.2. The average Bonchev–Trinajstić information content (AvgIpc) is 3.20. The van der Waals surface area contributed by atoms with E-state index in [0.29, 0.717) is 12.0 Å². The molecule has 2 amide bonds. The van der Waals surface area contributed by atoms with Crippen LogP contribution in [-0.2, 0) is 12.1 Å². The number of nitrogens with zero attached hydrogens (tertiary/aromatic N) is 2. The maximum absolute atomic E-state index is 13.3. The standard InChI is InChI=1S/C27H35N3O/c31-26-28-27(23-12-6-2-7-13-23,24-14-8-3-9-15-24)21-30(26)25-16-18-29(19-17-25)20-22-10-4-1-5-11-22/h1-2,4-7,10-13,24-25H,3,8-9,14-21H2,(H,28,31). The lowest BCUT2D eigenvalue weighted by atomic mass is 9.71. The van der Waals surface area contributed by atoms with Gasteiger partial charge in [0.15, 0.2) is 0 Å². The van der Waals surface area contributed by atoms with Gasteiger partial charge in [0.1, 0.15) is 0 Å². The highest BCUT2D eigenvalue weighted by Gasteiger charge is 2.50. The van der Waals surface area contributed by atoms with E-state index in [0.717, 1.165) is 39.0 Å². The van der Waals surface area contributed by atoms with Crippen LogP contribution in [0.4, 0.5) is 4.79 Å². The largest absolute Gasteiger partial charge is 0.326 e. The van der Waals surface area contributed by atoms with E-state index in [2.05, 4.69) is 75.8 Å². The van der Waals surface area contributed by atoms with E-state index in [1.165, 1.54) is 43.2 Å². The van der Waals surface area contributed by atoms with Gasteiger partial charge < -0.3 is 10.2 Å².